The van der Waals surface area contributed by atoms with Crippen LogP contribution in [0.1, 0.15) is 18.1 Å². The fourth-order valence-electron chi connectivity index (χ4n) is 3.30. The SMILES string of the molecule is CCOC(Cc1ccc(-c2cc(C)ccc2F)cc1)C(=O)N1CCOCC1. The molecule has 0 bridgehead atoms. The number of hydrogen-bond donors (Lipinski definition) is 0. The van der Waals surface area contributed by atoms with Gasteiger partial charge in [-0.25, -0.2) is 4.39 Å². The molecule has 1 unspecified atom stereocenters. The van der Waals surface area contributed by atoms with Gasteiger partial charge in [0.15, 0.2) is 0 Å². The van der Waals surface area contributed by atoms with Gasteiger partial charge in [0.25, 0.3) is 5.91 Å². The molecule has 0 aromatic heterocycles. The fourth-order valence-corrected chi connectivity index (χ4v) is 3.30. The molecule has 4 nitrogen and oxygen atoms in total. The minimum absolute atomic E-state index is 0.00829. The third-order valence-corrected chi connectivity index (χ3v) is 4.77. The van der Waals surface area contributed by atoms with Crippen LogP contribution >= 0.6 is 0 Å². The summed E-state index contributed by atoms with van der Waals surface area (Å²) in [6.45, 7) is 6.67. The van der Waals surface area contributed by atoms with E-state index >= 15 is 0 Å². The molecular formula is C22H26FNO3. The predicted molar refractivity (Wildman–Crippen MR) is 103 cm³/mol. The van der Waals surface area contributed by atoms with E-state index in [9.17, 15) is 9.18 Å². The van der Waals surface area contributed by atoms with Gasteiger partial charge >= 0.3 is 0 Å². The predicted octanol–water partition coefficient (Wildman–Crippen LogP) is 3.61. The molecule has 0 radical (unpaired) electrons. The number of morpholine rings is 1. The first-order valence-corrected chi connectivity index (χ1v) is 9.42. The van der Waals surface area contributed by atoms with Crippen LogP contribution in [0.4, 0.5) is 4.39 Å². The largest absolute Gasteiger partial charge is 0.378 e. The number of halogens is 1. The molecule has 0 saturated carbocycles. The van der Waals surface area contributed by atoms with Crippen molar-refractivity contribution in [3.8, 4) is 11.1 Å². The normalized spacial score (nSPS) is 15.6. The van der Waals surface area contributed by atoms with Gasteiger partial charge in [-0.3, -0.25) is 4.79 Å². The van der Waals surface area contributed by atoms with Gasteiger partial charge in [-0.15, -0.1) is 0 Å². The Balaban J connectivity index is 1.73. The highest BCUT2D eigenvalue weighted by Gasteiger charge is 2.26. The van der Waals surface area contributed by atoms with Crippen LogP contribution in [0.15, 0.2) is 42.5 Å². The van der Waals surface area contributed by atoms with Gasteiger partial charge in [-0.1, -0.05) is 35.9 Å². The molecule has 1 aliphatic rings. The summed E-state index contributed by atoms with van der Waals surface area (Å²) in [6, 6.07) is 12.8. The molecule has 0 aliphatic carbocycles. The van der Waals surface area contributed by atoms with Crippen LogP contribution in [0.2, 0.25) is 0 Å². The van der Waals surface area contributed by atoms with E-state index in [-0.39, 0.29) is 11.7 Å². The zero-order chi connectivity index (χ0) is 19.2. The van der Waals surface area contributed by atoms with Gasteiger partial charge in [-0.05, 0) is 37.1 Å². The quantitative estimate of drug-likeness (QED) is 0.779. The standard InChI is InChI=1S/C22H26FNO3/c1-3-27-21(22(25)24-10-12-26-13-11-24)15-17-5-7-18(8-6-17)19-14-16(2)4-9-20(19)23/h4-9,14,21H,3,10-13,15H2,1-2H3. The molecule has 1 amide bonds. The zero-order valence-corrected chi connectivity index (χ0v) is 15.9. The van der Waals surface area contributed by atoms with Gasteiger partial charge < -0.3 is 14.4 Å². The first kappa shape index (κ1) is 19.5. The third kappa shape index (κ3) is 4.93. The smallest absolute Gasteiger partial charge is 0.252 e. The molecule has 1 aliphatic heterocycles. The number of aryl methyl sites for hydroxylation is 1. The Bertz CT molecular complexity index is 770. The summed E-state index contributed by atoms with van der Waals surface area (Å²) in [4.78, 5) is 14.6. The lowest BCUT2D eigenvalue weighted by atomic mass is 9.99. The van der Waals surface area contributed by atoms with E-state index in [0.29, 0.717) is 44.9 Å². The Morgan fingerprint density at radius 2 is 1.89 bits per heavy atom. The van der Waals surface area contributed by atoms with E-state index < -0.39 is 6.10 Å². The van der Waals surface area contributed by atoms with E-state index in [1.807, 2.05) is 44.2 Å². The highest BCUT2D eigenvalue weighted by molar-refractivity contribution is 5.81. The number of rotatable bonds is 6. The van der Waals surface area contributed by atoms with Crippen LogP contribution in [0.3, 0.4) is 0 Å². The third-order valence-electron chi connectivity index (χ3n) is 4.77. The van der Waals surface area contributed by atoms with Gasteiger partial charge in [0.2, 0.25) is 0 Å². The fraction of sp³-hybridized carbons (Fsp3) is 0.409. The van der Waals surface area contributed by atoms with Crippen molar-refractivity contribution in [3.05, 3.63) is 59.4 Å². The lowest BCUT2D eigenvalue weighted by Crippen LogP contribution is -2.47. The van der Waals surface area contributed by atoms with Gasteiger partial charge in [0.05, 0.1) is 13.2 Å². The second-order valence-corrected chi connectivity index (χ2v) is 6.77. The first-order chi connectivity index (χ1) is 13.1. The maximum Gasteiger partial charge on any atom is 0.252 e. The van der Waals surface area contributed by atoms with Crippen molar-refractivity contribution in [1.82, 2.24) is 4.90 Å². The van der Waals surface area contributed by atoms with Gasteiger partial charge in [0.1, 0.15) is 11.9 Å². The van der Waals surface area contributed by atoms with Crippen LogP contribution in [0.5, 0.6) is 0 Å². The molecule has 144 valence electrons. The number of amides is 1. The Hall–Kier alpha value is -2.24. The number of benzene rings is 2. The first-order valence-electron chi connectivity index (χ1n) is 9.42. The zero-order valence-electron chi connectivity index (χ0n) is 15.9. The van der Waals surface area contributed by atoms with Crippen molar-refractivity contribution >= 4 is 5.91 Å². The molecule has 27 heavy (non-hydrogen) atoms. The average Bonchev–Trinajstić information content (AvgIpc) is 2.70. The summed E-state index contributed by atoms with van der Waals surface area (Å²) in [5.41, 5.74) is 3.43. The molecule has 2 aromatic carbocycles. The van der Waals surface area contributed by atoms with Crippen molar-refractivity contribution < 1.29 is 18.7 Å². The van der Waals surface area contributed by atoms with E-state index in [1.165, 1.54) is 6.07 Å². The topological polar surface area (TPSA) is 38.8 Å². The molecule has 0 N–H and O–H groups in total. The van der Waals surface area contributed by atoms with Crippen LogP contribution in [-0.4, -0.2) is 49.8 Å². The van der Waals surface area contributed by atoms with Gasteiger partial charge in [-0.2, -0.15) is 0 Å². The summed E-state index contributed by atoms with van der Waals surface area (Å²) < 4.78 is 25.1. The number of ether oxygens (including phenoxy) is 2. The summed E-state index contributed by atoms with van der Waals surface area (Å²) in [7, 11) is 0. The van der Waals surface area contributed by atoms with E-state index in [4.69, 9.17) is 9.47 Å². The summed E-state index contributed by atoms with van der Waals surface area (Å²) in [6.07, 6.45) is -0.00434. The number of carbonyl (C=O) groups excluding carboxylic acids is 1. The Kier molecular flexibility index (Phi) is 6.58. The van der Waals surface area contributed by atoms with E-state index in [0.717, 1.165) is 16.7 Å². The molecule has 1 atom stereocenters. The highest BCUT2D eigenvalue weighted by Crippen LogP contribution is 2.25. The summed E-state index contributed by atoms with van der Waals surface area (Å²) in [5, 5.41) is 0. The molecule has 5 heteroatoms. The highest BCUT2D eigenvalue weighted by atomic mass is 19.1. The van der Waals surface area contributed by atoms with E-state index in [2.05, 4.69) is 0 Å². The van der Waals surface area contributed by atoms with Crippen molar-refractivity contribution in [1.29, 1.82) is 0 Å². The second-order valence-electron chi connectivity index (χ2n) is 6.77. The Morgan fingerprint density at radius 1 is 1.19 bits per heavy atom. The number of carbonyl (C=O) groups is 1. The molecule has 1 heterocycles. The van der Waals surface area contributed by atoms with Crippen LogP contribution < -0.4 is 0 Å². The molecular weight excluding hydrogens is 345 g/mol. The lowest BCUT2D eigenvalue weighted by molar-refractivity contribution is -0.147. The van der Waals surface area contributed by atoms with Crippen molar-refractivity contribution in [3.63, 3.8) is 0 Å². The maximum atomic E-state index is 14.1. The average molecular weight is 371 g/mol. The lowest BCUT2D eigenvalue weighted by Gasteiger charge is -2.30. The van der Waals surface area contributed by atoms with Gasteiger partial charge in [0, 0.05) is 31.7 Å². The Morgan fingerprint density at radius 3 is 2.56 bits per heavy atom. The second kappa shape index (κ2) is 9.11. The number of hydrogen-bond acceptors (Lipinski definition) is 3. The minimum Gasteiger partial charge on any atom is -0.378 e. The maximum absolute atomic E-state index is 14.1. The summed E-state index contributed by atoms with van der Waals surface area (Å²) in [5.74, 6) is -0.225. The molecule has 1 fully saturated rings. The molecule has 2 aromatic rings. The van der Waals surface area contributed by atoms with Crippen LogP contribution in [0.25, 0.3) is 11.1 Å². The van der Waals surface area contributed by atoms with E-state index in [1.54, 1.807) is 11.0 Å². The Labute approximate surface area is 159 Å². The molecule has 0 spiro atoms. The van der Waals surface area contributed by atoms with Crippen LogP contribution in [0, 0.1) is 12.7 Å². The van der Waals surface area contributed by atoms with Crippen LogP contribution in [-0.2, 0) is 20.7 Å². The number of nitrogens with zero attached hydrogens (tertiary/aromatic N) is 1. The van der Waals surface area contributed by atoms with Crippen molar-refractivity contribution in [2.45, 2.75) is 26.4 Å². The van der Waals surface area contributed by atoms with Crippen molar-refractivity contribution in [2.24, 2.45) is 0 Å². The molecule has 3 rings (SSSR count). The monoisotopic (exact) mass is 371 g/mol. The summed E-state index contributed by atoms with van der Waals surface area (Å²) >= 11 is 0. The van der Waals surface area contributed by atoms with Crippen molar-refractivity contribution in [2.75, 3.05) is 32.9 Å². The molecule has 1 saturated heterocycles. The minimum atomic E-state index is -0.505.